The first-order valence-electron chi connectivity index (χ1n) is 39.3. The van der Waals surface area contributed by atoms with Gasteiger partial charge in [0.05, 0.1) is 72.0 Å². The molecule has 0 aliphatic carbocycles. The van der Waals surface area contributed by atoms with Crippen LogP contribution in [0.2, 0.25) is 0 Å². The number of carboxylic acid groups (broad SMARTS) is 1. The zero-order chi connectivity index (χ0) is 76.4. The van der Waals surface area contributed by atoms with Crippen molar-refractivity contribution in [2.24, 2.45) is 5.73 Å². The van der Waals surface area contributed by atoms with Crippen LogP contribution in [0, 0.1) is 0 Å². The first kappa shape index (κ1) is 94.4. The molecule has 105 heavy (non-hydrogen) atoms. The van der Waals surface area contributed by atoms with Crippen molar-refractivity contribution in [2.45, 2.75) is 269 Å². The Morgan fingerprint density at radius 1 is 0.410 bits per heavy atom. The predicted octanol–water partition coefficient (Wildman–Crippen LogP) is 11.7. The molecule has 10 N–H and O–H groups in total. The average molecular weight is 1500 g/mol. The number of unbranched alkanes of at least 4 members (excludes halogenated alkanes) is 25. The van der Waals surface area contributed by atoms with Crippen LogP contribution in [0.15, 0.2) is 54.6 Å². The Bertz CT molecular complexity index is 2650. The molecule has 0 aliphatic rings. The number of ketones is 2. The van der Waals surface area contributed by atoms with Crippen LogP contribution in [-0.2, 0) is 79.6 Å². The summed E-state index contributed by atoms with van der Waals surface area (Å²) < 4.78 is 32.4. The summed E-state index contributed by atoms with van der Waals surface area (Å²) in [7, 11) is 0. The van der Waals surface area contributed by atoms with E-state index in [0.717, 1.165) is 25.7 Å². The van der Waals surface area contributed by atoms with Crippen molar-refractivity contribution in [1.82, 2.24) is 31.9 Å². The minimum Gasteiger partial charge on any atom is -0.480 e. The summed E-state index contributed by atoms with van der Waals surface area (Å²) >= 11 is 1.40. The molecule has 0 radical (unpaired) electrons. The molecular weight excluding hydrogens is 1360 g/mol. The number of Topliss-reactive ketones (excluding diaryl/α,β-unsaturated/α-hetero) is 2. The quantitative estimate of drug-likeness (QED) is 0.0278. The second-order valence-electron chi connectivity index (χ2n) is 26.9. The monoisotopic (exact) mass is 1500 g/mol. The summed E-state index contributed by atoms with van der Waals surface area (Å²) in [5.74, 6) is -4.06. The number of thioether (sulfide) groups is 1. The van der Waals surface area contributed by atoms with Crippen LogP contribution in [0.3, 0.4) is 0 Å². The number of nitrogens with one attached hydrogen (secondary N) is 7. The molecule has 2 rings (SSSR count). The number of carbonyl (C=O) groups excluding carboxylic acids is 9. The molecule has 0 aliphatic heterocycles. The number of alkyl carbamates (subject to hydrolysis) is 1. The SMILES string of the molecule is CCCCCCCCCCCCCCCC(=O)CCOCCOCCOC(=O)NCCCC[C@H](NC(=O)[C@H](CCSC)NC(=O)[C@H](Cc1ccccc1)NC(=O)CNC(=O)CNC(=O)[C@@H](N)Cc1ccc(NC(=O)OCCOCCOCCC(=O)CCCCCCCCCCCCCCC)cc1)C(=O)O. The molecule has 596 valence electrons. The molecule has 26 heteroatoms. The molecule has 2 aromatic carbocycles. The van der Waals surface area contributed by atoms with Gasteiger partial charge in [-0.05, 0) is 80.2 Å². The van der Waals surface area contributed by atoms with Gasteiger partial charge in [-0.3, -0.25) is 38.9 Å². The molecular formula is C79H132N8O17S. The molecule has 7 amide bonds. The summed E-state index contributed by atoms with van der Waals surface area (Å²) in [6.45, 7) is 5.75. The first-order chi connectivity index (χ1) is 51.0. The Hall–Kier alpha value is -6.71. The summed E-state index contributed by atoms with van der Waals surface area (Å²) in [6, 6.07) is 10.5. The van der Waals surface area contributed by atoms with E-state index in [1.807, 2.05) is 0 Å². The van der Waals surface area contributed by atoms with Crippen molar-refractivity contribution in [3.8, 4) is 0 Å². The normalized spacial score (nSPS) is 12.3. The number of carbonyl (C=O) groups is 10. The van der Waals surface area contributed by atoms with Gasteiger partial charge in [0, 0.05) is 44.3 Å². The maximum absolute atomic E-state index is 14.0. The molecule has 4 atom stereocenters. The summed E-state index contributed by atoms with van der Waals surface area (Å²) in [5.41, 5.74) is 7.92. The zero-order valence-electron chi connectivity index (χ0n) is 63.8. The molecule has 0 saturated heterocycles. The Kier molecular flexibility index (Phi) is 58.9. The third kappa shape index (κ3) is 54.5. The van der Waals surface area contributed by atoms with Gasteiger partial charge >= 0.3 is 18.2 Å². The van der Waals surface area contributed by atoms with Crippen molar-refractivity contribution in [1.29, 1.82) is 0 Å². The fourth-order valence-electron chi connectivity index (χ4n) is 11.4. The van der Waals surface area contributed by atoms with Crippen molar-refractivity contribution < 1.29 is 81.5 Å². The van der Waals surface area contributed by atoms with E-state index in [2.05, 4.69) is 51.1 Å². The third-order valence-corrected chi connectivity index (χ3v) is 18.3. The number of benzene rings is 2. The number of hydrogen-bond acceptors (Lipinski definition) is 18. The zero-order valence-corrected chi connectivity index (χ0v) is 64.6. The van der Waals surface area contributed by atoms with Crippen molar-refractivity contribution >= 4 is 76.7 Å². The lowest BCUT2D eigenvalue weighted by atomic mass is 10.0. The Balaban J connectivity index is 1.64. The van der Waals surface area contributed by atoms with Gasteiger partial charge in [0.1, 0.15) is 42.9 Å². The molecule has 0 bridgehead atoms. The van der Waals surface area contributed by atoms with Crippen molar-refractivity contribution in [2.75, 3.05) is 103 Å². The van der Waals surface area contributed by atoms with E-state index >= 15 is 0 Å². The highest BCUT2D eigenvalue weighted by molar-refractivity contribution is 7.98. The Morgan fingerprint density at radius 3 is 1.34 bits per heavy atom. The molecule has 0 heterocycles. The second-order valence-corrected chi connectivity index (χ2v) is 27.9. The largest absolute Gasteiger partial charge is 0.480 e. The van der Waals surface area contributed by atoms with Gasteiger partial charge in [-0.25, -0.2) is 14.4 Å². The predicted molar refractivity (Wildman–Crippen MR) is 412 cm³/mol. The highest BCUT2D eigenvalue weighted by Crippen LogP contribution is 2.17. The van der Waals surface area contributed by atoms with Gasteiger partial charge in [0.15, 0.2) is 0 Å². The molecule has 0 spiro atoms. The maximum Gasteiger partial charge on any atom is 0.411 e. The molecule has 0 fully saturated rings. The summed E-state index contributed by atoms with van der Waals surface area (Å²) in [4.78, 5) is 128. The topological polar surface area (TPSA) is 357 Å². The minimum atomic E-state index is -1.32. The van der Waals surface area contributed by atoms with Gasteiger partial charge in [-0.1, -0.05) is 210 Å². The van der Waals surface area contributed by atoms with E-state index in [1.54, 1.807) is 60.9 Å². The lowest BCUT2D eigenvalue weighted by molar-refractivity contribution is -0.142. The first-order valence-corrected chi connectivity index (χ1v) is 40.7. The molecule has 0 unspecified atom stereocenters. The van der Waals surface area contributed by atoms with Crippen molar-refractivity contribution in [3.05, 3.63) is 65.7 Å². The van der Waals surface area contributed by atoms with E-state index in [9.17, 15) is 53.1 Å². The van der Waals surface area contributed by atoms with E-state index in [0.29, 0.717) is 87.5 Å². The number of hydrogen-bond donors (Lipinski definition) is 9. The number of rotatable bonds is 70. The van der Waals surface area contributed by atoms with Crippen molar-refractivity contribution in [3.63, 3.8) is 0 Å². The number of anilines is 1. The van der Waals surface area contributed by atoms with E-state index < -0.39 is 84.9 Å². The standard InChI is InChI=1S/C79H132N8O17S/c1-4-6-8-10-12-14-16-18-20-22-24-26-31-37-66(88)44-48-99-50-52-101-54-56-103-78(97)81-47-34-33-39-70(77(95)96)87-75(93)69(46-58-105-3)86-76(94)71(60-63-35-29-28-30-36-63)85-73(91)62-82-72(90)61-83-74(92)68(80)59-64-40-42-65(43-41-64)84-79(98)104-57-55-102-53-51-100-49-45-67(89)38-32-27-25-23-21-19-17-15-13-11-9-7-5-2/h28-30,35-36,40-43,68-71H,4-27,31-34,37-39,44-62,80H2,1-3H3,(H,81,97)(H,82,90)(H,83,92)(H,84,98)(H,85,91)(H,86,94)(H,87,93)(H,95,96)/t68-,69-,70-,71-/m0/s1. The Morgan fingerprint density at radius 2 is 0.848 bits per heavy atom. The van der Waals surface area contributed by atoms with E-state index in [-0.39, 0.29) is 83.4 Å². The maximum atomic E-state index is 14.0. The smallest absolute Gasteiger partial charge is 0.411 e. The van der Waals surface area contributed by atoms with Crippen LogP contribution in [0.4, 0.5) is 15.3 Å². The van der Waals surface area contributed by atoms with E-state index in [4.69, 9.17) is 34.2 Å². The Labute approximate surface area is 630 Å². The highest BCUT2D eigenvalue weighted by Gasteiger charge is 2.30. The molecule has 0 aromatic heterocycles. The molecule has 2 aromatic rings. The highest BCUT2D eigenvalue weighted by atomic mass is 32.2. The number of aliphatic carboxylic acids is 1. The number of nitrogens with two attached hydrogens (primary N) is 1. The fourth-order valence-corrected chi connectivity index (χ4v) is 11.9. The lowest BCUT2D eigenvalue weighted by Crippen LogP contribution is -2.57. The van der Waals surface area contributed by atoms with Gasteiger partial charge in [-0.2, -0.15) is 11.8 Å². The fraction of sp³-hybridized carbons (Fsp3) is 0.722. The number of carboxylic acids is 1. The van der Waals surface area contributed by atoms with Crippen LogP contribution in [0.5, 0.6) is 0 Å². The van der Waals surface area contributed by atoms with Crippen LogP contribution in [0.25, 0.3) is 0 Å². The summed E-state index contributed by atoms with van der Waals surface area (Å²) in [5, 5.41) is 28.0. The molecule has 25 nitrogen and oxygen atoms in total. The van der Waals surface area contributed by atoms with Gasteiger partial charge in [0.25, 0.3) is 0 Å². The summed E-state index contributed by atoms with van der Waals surface area (Å²) in [6.07, 6.45) is 36.2. The van der Waals surface area contributed by atoms with Gasteiger partial charge in [-0.15, -0.1) is 0 Å². The third-order valence-electron chi connectivity index (χ3n) is 17.7. The van der Waals surface area contributed by atoms with Crippen LogP contribution >= 0.6 is 11.8 Å². The molecule has 0 saturated carbocycles. The van der Waals surface area contributed by atoms with Gasteiger partial charge in [0.2, 0.25) is 29.5 Å². The lowest BCUT2D eigenvalue weighted by Gasteiger charge is -2.25. The second kappa shape index (κ2) is 65.6. The van der Waals surface area contributed by atoms with E-state index in [1.165, 1.54) is 153 Å². The number of ether oxygens (including phenoxy) is 6. The van der Waals surface area contributed by atoms with Crippen LogP contribution < -0.4 is 43.0 Å². The van der Waals surface area contributed by atoms with Crippen LogP contribution in [0.1, 0.15) is 243 Å². The van der Waals surface area contributed by atoms with Gasteiger partial charge < -0.3 is 71.2 Å². The average Bonchev–Trinajstić information content (AvgIpc) is 0.872. The van der Waals surface area contributed by atoms with Crippen LogP contribution in [-0.4, -0.2) is 186 Å². The minimum absolute atomic E-state index is 0.00358. The number of amides is 7.